The van der Waals surface area contributed by atoms with Crippen molar-refractivity contribution in [2.24, 2.45) is 17.6 Å². The van der Waals surface area contributed by atoms with Gasteiger partial charge in [0.1, 0.15) is 6.23 Å². The van der Waals surface area contributed by atoms with E-state index in [9.17, 15) is 5.11 Å². The van der Waals surface area contributed by atoms with E-state index in [4.69, 9.17) is 9.92 Å². The van der Waals surface area contributed by atoms with E-state index < -0.39 is 6.23 Å². The Kier molecular flexibility index (Phi) is 4.66. The fourth-order valence-corrected chi connectivity index (χ4v) is 2.13. The largest absolute Gasteiger partial charge is 0.377 e. The van der Waals surface area contributed by atoms with Gasteiger partial charge in [0.25, 0.3) is 0 Å². The van der Waals surface area contributed by atoms with E-state index in [0.717, 1.165) is 13.1 Å². The minimum Gasteiger partial charge on any atom is -0.377 e. The lowest BCUT2D eigenvalue weighted by atomic mass is 10.00. The van der Waals surface area contributed by atoms with Crippen molar-refractivity contribution in [2.75, 3.05) is 19.7 Å². The van der Waals surface area contributed by atoms with Crippen LogP contribution < -0.4 is 5.73 Å². The average molecular weight is 220 g/mol. The highest BCUT2D eigenvalue weighted by molar-refractivity contribution is 7.75. The Morgan fingerprint density at radius 1 is 1.64 bits per heavy atom. The van der Waals surface area contributed by atoms with Crippen LogP contribution in [0, 0.1) is 11.8 Å². The van der Waals surface area contributed by atoms with Crippen molar-refractivity contribution in [3.8, 4) is 0 Å². The van der Waals surface area contributed by atoms with Crippen molar-refractivity contribution in [3.05, 3.63) is 0 Å². The lowest BCUT2D eigenvalue weighted by Crippen LogP contribution is -2.45. The van der Waals surface area contributed by atoms with Gasteiger partial charge in [-0.05, 0) is 25.8 Å². The molecule has 0 aromatic heterocycles. The zero-order valence-electron chi connectivity index (χ0n) is 8.76. The van der Waals surface area contributed by atoms with Gasteiger partial charge in [0.2, 0.25) is 0 Å². The molecule has 0 aromatic carbocycles. The van der Waals surface area contributed by atoms with Gasteiger partial charge in [0.15, 0.2) is 0 Å². The first kappa shape index (κ1) is 12.3. The minimum atomic E-state index is -0.766. The van der Waals surface area contributed by atoms with Gasteiger partial charge in [0, 0.05) is 25.0 Å². The number of aliphatic hydroxyl groups is 1. The van der Waals surface area contributed by atoms with Crippen molar-refractivity contribution in [2.45, 2.75) is 26.1 Å². The van der Waals surface area contributed by atoms with E-state index in [2.05, 4.69) is 24.7 Å². The molecule has 1 aliphatic heterocycles. The standard InChI is InChI=1S/C9H20N2O2S/c1-6-3-11(7(2)9(10)12)4-8(6)5-13-14/h6-9,12,14H,3-5,10H2,1-2H3. The maximum Gasteiger partial charge on any atom is 0.117 e. The number of hydrogen-bond donors (Lipinski definition) is 3. The Bertz CT molecular complexity index is 180. The molecule has 14 heavy (non-hydrogen) atoms. The van der Waals surface area contributed by atoms with E-state index in [0.29, 0.717) is 18.4 Å². The van der Waals surface area contributed by atoms with Crippen LogP contribution in [-0.4, -0.2) is 42.0 Å². The molecule has 0 radical (unpaired) electrons. The molecule has 1 fully saturated rings. The van der Waals surface area contributed by atoms with Crippen LogP contribution in [0.4, 0.5) is 0 Å². The van der Waals surface area contributed by atoms with Gasteiger partial charge in [-0.25, -0.2) is 0 Å². The van der Waals surface area contributed by atoms with Crippen molar-refractivity contribution >= 4 is 12.9 Å². The van der Waals surface area contributed by atoms with Crippen molar-refractivity contribution in [1.29, 1.82) is 0 Å². The van der Waals surface area contributed by atoms with Gasteiger partial charge in [-0.2, -0.15) is 0 Å². The van der Waals surface area contributed by atoms with Crippen LogP contribution in [-0.2, 0) is 4.18 Å². The van der Waals surface area contributed by atoms with Gasteiger partial charge >= 0.3 is 0 Å². The summed E-state index contributed by atoms with van der Waals surface area (Å²) in [6.45, 7) is 6.69. The SMILES string of the molecule is CC1CN(C(C)C(N)O)CC1COS. The Hall–Kier alpha value is 0.190. The molecule has 1 saturated heterocycles. The first-order valence-electron chi connectivity index (χ1n) is 5.00. The second kappa shape index (κ2) is 5.32. The molecule has 4 atom stereocenters. The highest BCUT2D eigenvalue weighted by Gasteiger charge is 2.33. The molecule has 84 valence electrons. The number of nitrogens with zero attached hydrogens (tertiary/aromatic N) is 1. The Balaban J connectivity index is 2.45. The second-order valence-electron chi connectivity index (χ2n) is 4.22. The van der Waals surface area contributed by atoms with Gasteiger partial charge in [-0.15, -0.1) is 0 Å². The summed E-state index contributed by atoms with van der Waals surface area (Å²) in [7, 11) is 0. The predicted molar refractivity (Wildman–Crippen MR) is 58.8 cm³/mol. The maximum atomic E-state index is 9.27. The van der Waals surface area contributed by atoms with E-state index in [1.54, 1.807) is 0 Å². The van der Waals surface area contributed by atoms with Crippen LogP contribution in [0.2, 0.25) is 0 Å². The fraction of sp³-hybridized carbons (Fsp3) is 1.00. The fourth-order valence-electron chi connectivity index (χ4n) is 1.94. The molecule has 4 nitrogen and oxygen atoms in total. The van der Waals surface area contributed by atoms with Gasteiger partial charge in [-0.3, -0.25) is 4.90 Å². The summed E-state index contributed by atoms with van der Waals surface area (Å²) in [6.07, 6.45) is -0.766. The summed E-state index contributed by atoms with van der Waals surface area (Å²) in [5.74, 6) is 1.07. The maximum absolute atomic E-state index is 9.27. The highest BCUT2D eigenvalue weighted by atomic mass is 32.1. The summed E-state index contributed by atoms with van der Waals surface area (Å²) < 4.78 is 4.86. The average Bonchev–Trinajstić information content (AvgIpc) is 2.47. The number of thiol groups is 1. The zero-order valence-corrected chi connectivity index (χ0v) is 9.65. The first-order valence-corrected chi connectivity index (χ1v) is 5.36. The molecule has 0 saturated carbocycles. The molecule has 0 aliphatic carbocycles. The van der Waals surface area contributed by atoms with Gasteiger partial charge < -0.3 is 15.0 Å². The van der Waals surface area contributed by atoms with Crippen molar-refractivity contribution in [1.82, 2.24) is 4.90 Å². The number of likely N-dealkylation sites (tertiary alicyclic amines) is 1. The van der Waals surface area contributed by atoms with Crippen LogP contribution in [0.5, 0.6) is 0 Å². The van der Waals surface area contributed by atoms with E-state index >= 15 is 0 Å². The van der Waals surface area contributed by atoms with Crippen LogP contribution in [0.3, 0.4) is 0 Å². The third-order valence-electron chi connectivity index (χ3n) is 3.16. The zero-order chi connectivity index (χ0) is 10.7. The Labute approximate surface area is 91.0 Å². The molecule has 0 spiro atoms. The summed E-state index contributed by atoms with van der Waals surface area (Å²) in [5, 5.41) is 9.27. The highest BCUT2D eigenvalue weighted by Crippen LogP contribution is 2.25. The van der Waals surface area contributed by atoms with E-state index in [1.807, 2.05) is 6.92 Å². The molecule has 0 amide bonds. The quantitative estimate of drug-likeness (QED) is 0.357. The predicted octanol–water partition coefficient (Wildman–Crippen LogP) is 0.0813. The molecule has 3 N–H and O–H groups in total. The molecule has 4 unspecified atom stereocenters. The van der Waals surface area contributed by atoms with E-state index in [-0.39, 0.29) is 6.04 Å². The van der Waals surface area contributed by atoms with Crippen molar-refractivity contribution in [3.63, 3.8) is 0 Å². The number of aliphatic hydroxyl groups excluding tert-OH is 1. The molecule has 5 heteroatoms. The monoisotopic (exact) mass is 220 g/mol. The molecule has 1 aliphatic rings. The first-order chi connectivity index (χ1) is 6.56. The van der Waals surface area contributed by atoms with E-state index in [1.165, 1.54) is 0 Å². The third kappa shape index (κ3) is 2.84. The number of rotatable bonds is 4. The summed E-state index contributed by atoms with van der Waals surface area (Å²) >= 11 is 3.77. The summed E-state index contributed by atoms with van der Waals surface area (Å²) in [4.78, 5) is 2.20. The summed E-state index contributed by atoms with van der Waals surface area (Å²) in [6, 6.07) is 0.0161. The van der Waals surface area contributed by atoms with Crippen LogP contribution >= 0.6 is 12.9 Å². The Morgan fingerprint density at radius 2 is 2.29 bits per heavy atom. The van der Waals surface area contributed by atoms with Crippen LogP contribution in [0.15, 0.2) is 0 Å². The number of hydrogen-bond acceptors (Lipinski definition) is 5. The summed E-state index contributed by atoms with van der Waals surface area (Å²) in [5.41, 5.74) is 5.45. The van der Waals surface area contributed by atoms with Crippen LogP contribution in [0.1, 0.15) is 13.8 Å². The third-order valence-corrected chi connectivity index (χ3v) is 3.30. The molecule has 1 rings (SSSR count). The molecular formula is C9H20N2O2S. The van der Waals surface area contributed by atoms with Gasteiger partial charge in [-0.1, -0.05) is 6.92 Å². The number of nitrogens with two attached hydrogens (primary N) is 1. The molecule has 0 bridgehead atoms. The molecule has 0 aromatic rings. The van der Waals surface area contributed by atoms with Gasteiger partial charge in [0.05, 0.1) is 6.61 Å². The Morgan fingerprint density at radius 3 is 2.79 bits per heavy atom. The smallest absolute Gasteiger partial charge is 0.117 e. The lowest BCUT2D eigenvalue weighted by Gasteiger charge is -2.26. The second-order valence-corrected chi connectivity index (χ2v) is 4.48. The minimum absolute atomic E-state index is 0.0161. The van der Waals surface area contributed by atoms with Crippen LogP contribution in [0.25, 0.3) is 0 Å². The van der Waals surface area contributed by atoms with Crippen molar-refractivity contribution < 1.29 is 9.29 Å². The molecule has 1 heterocycles. The topological polar surface area (TPSA) is 58.7 Å². The normalized spacial score (nSPS) is 33.2. The lowest BCUT2D eigenvalue weighted by molar-refractivity contribution is 0.0727. The molecular weight excluding hydrogens is 200 g/mol.